The fraction of sp³-hybridized carbons (Fsp3) is 0. The van der Waals surface area contributed by atoms with Crippen LogP contribution in [0, 0.1) is 11.3 Å². The van der Waals surface area contributed by atoms with Crippen LogP contribution in [0.5, 0.6) is 11.6 Å². The zero-order valence-corrected chi connectivity index (χ0v) is 10.5. The van der Waals surface area contributed by atoms with E-state index < -0.39 is 10.0 Å². The molecule has 0 aliphatic rings. The van der Waals surface area contributed by atoms with Crippen molar-refractivity contribution in [2.75, 3.05) is 0 Å². The standard InChI is InChI=1S/C12H9N3O3S/c13-8-9-3-1-4-10(7-9)18-12-11(19(14,16)17)5-2-6-15-12/h1-7H,(H2,14,16,17). The average molecular weight is 275 g/mol. The van der Waals surface area contributed by atoms with Gasteiger partial charge in [-0.05, 0) is 30.3 Å². The highest BCUT2D eigenvalue weighted by Gasteiger charge is 2.16. The molecule has 0 spiro atoms. The van der Waals surface area contributed by atoms with E-state index in [4.69, 9.17) is 15.1 Å². The predicted molar refractivity (Wildman–Crippen MR) is 66.8 cm³/mol. The fourth-order valence-corrected chi connectivity index (χ4v) is 2.02. The maximum Gasteiger partial charge on any atom is 0.243 e. The van der Waals surface area contributed by atoms with Gasteiger partial charge < -0.3 is 4.74 Å². The zero-order chi connectivity index (χ0) is 13.9. The number of primary sulfonamides is 1. The number of pyridine rings is 1. The minimum atomic E-state index is -3.92. The number of nitrogens with two attached hydrogens (primary N) is 1. The zero-order valence-electron chi connectivity index (χ0n) is 9.65. The summed E-state index contributed by atoms with van der Waals surface area (Å²) in [5, 5.41) is 13.8. The molecule has 0 aliphatic heterocycles. The summed E-state index contributed by atoms with van der Waals surface area (Å²) in [5.41, 5.74) is 0.394. The van der Waals surface area contributed by atoms with Crippen molar-refractivity contribution in [1.82, 2.24) is 4.98 Å². The summed E-state index contributed by atoms with van der Waals surface area (Å²) >= 11 is 0. The van der Waals surface area contributed by atoms with E-state index in [0.717, 1.165) is 0 Å². The molecule has 6 nitrogen and oxygen atoms in total. The Morgan fingerprint density at radius 2 is 2.05 bits per heavy atom. The number of ether oxygens (including phenoxy) is 1. The first-order valence-electron chi connectivity index (χ1n) is 5.16. The Kier molecular flexibility index (Phi) is 3.46. The van der Waals surface area contributed by atoms with E-state index >= 15 is 0 Å². The van der Waals surface area contributed by atoms with Crippen LogP contribution in [0.1, 0.15) is 5.56 Å². The molecule has 2 rings (SSSR count). The molecule has 1 heterocycles. The molecule has 0 bridgehead atoms. The van der Waals surface area contributed by atoms with Crippen molar-refractivity contribution >= 4 is 10.0 Å². The van der Waals surface area contributed by atoms with Gasteiger partial charge >= 0.3 is 0 Å². The second-order valence-electron chi connectivity index (χ2n) is 3.59. The summed E-state index contributed by atoms with van der Waals surface area (Å²) in [5.74, 6) is 0.183. The van der Waals surface area contributed by atoms with Crippen molar-refractivity contribution < 1.29 is 13.2 Å². The van der Waals surface area contributed by atoms with Crippen LogP contribution in [0.25, 0.3) is 0 Å². The Hall–Kier alpha value is -2.43. The minimum absolute atomic E-state index is 0.125. The molecule has 1 aromatic heterocycles. The molecule has 0 saturated carbocycles. The Morgan fingerprint density at radius 1 is 1.26 bits per heavy atom. The number of hydrogen-bond acceptors (Lipinski definition) is 5. The normalized spacial score (nSPS) is 10.7. The van der Waals surface area contributed by atoms with Crippen molar-refractivity contribution in [3.8, 4) is 17.7 Å². The van der Waals surface area contributed by atoms with Crippen molar-refractivity contribution in [1.29, 1.82) is 5.26 Å². The van der Waals surface area contributed by atoms with Gasteiger partial charge in [-0.2, -0.15) is 5.26 Å². The Labute approximate surface area is 110 Å². The first-order valence-corrected chi connectivity index (χ1v) is 6.71. The first kappa shape index (κ1) is 13.0. The molecule has 19 heavy (non-hydrogen) atoms. The topological polar surface area (TPSA) is 106 Å². The monoisotopic (exact) mass is 275 g/mol. The lowest BCUT2D eigenvalue weighted by Gasteiger charge is -2.08. The molecular weight excluding hydrogens is 266 g/mol. The molecule has 0 aliphatic carbocycles. The van der Waals surface area contributed by atoms with Crippen LogP contribution in [-0.2, 0) is 10.0 Å². The van der Waals surface area contributed by atoms with E-state index in [1.165, 1.54) is 24.4 Å². The van der Waals surface area contributed by atoms with Gasteiger partial charge in [0.2, 0.25) is 15.9 Å². The summed E-state index contributed by atoms with van der Waals surface area (Å²) < 4.78 is 28.1. The molecule has 96 valence electrons. The van der Waals surface area contributed by atoms with Gasteiger partial charge in [0, 0.05) is 6.20 Å². The van der Waals surface area contributed by atoms with Gasteiger partial charge in [0.1, 0.15) is 10.6 Å². The van der Waals surface area contributed by atoms with Crippen molar-refractivity contribution in [2.45, 2.75) is 4.90 Å². The Morgan fingerprint density at radius 3 is 2.74 bits per heavy atom. The number of rotatable bonds is 3. The van der Waals surface area contributed by atoms with Crippen LogP contribution in [0.15, 0.2) is 47.5 Å². The molecule has 0 amide bonds. The van der Waals surface area contributed by atoms with E-state index in [0.29, 0.717) is 11.3 Å². The van der Waals surface area contributed by atoms with Gasteiger partial charge in [-0.15, -0.1) is 0 Å². The maximum absolute atomic E-state index is 11.4. The molecule has 1 aromatic carbocycles. The largest absolute Gasteiger partial charge is 0.438 e. The molecule has 0 fully saturated rings. The molecule has 0 saturated heterocycles. The van der Waals surface area contributed by atoms with E-state index in [1.54, 1.807) is 18.2 Å². The Bertz CT molecular complexity index is 751. The average Bonchev–Trinajstić information content (AvgIpc) is 2.38. The highest BCUT2D eigenvalue weighted by molar-refractivity contribution is 7.89. The van der Waals surface area contributed by atoms with Crippen LogP contribution in [-0.4, -0.2) is 13.4 Å². The van der Waals surface area contributed by atoms with Crippen LogP contribution < -0.4 is 9.88 Å². The van der Waals surface area contributed by atoms with Gasteiger partial charge in [0.25, 0.3) is 0 Å². The van der Waals surface area contributed by atoms with Gasteiger partial charge in [-0.3, -0.25) is 0 Å². The van der Waals surface area contributed by atoms with Crippen LogP contribution in [0.3, 0.4) is 0 Å². The molecule has 0 radical (unpaired) electrons. The van der Waals surface area contributed by atoms with Crippen LogP contribution in [0.4, 0.5) is 0 Å². The predicted octanol–water partition coefficient (Wildman–Crippen LogP) is 1.39. The number of hydrogen-bond donors (Lipinski definition) is 1. The molecular formula is C12H9N3O3S. The second-order valence-corrected chi connectivity index (χ2v) is 5.12. The summed E-state index contributed by atoms with van der Waals surface area (Å²) in [6.07, 6.45) is 1.39. The summed E-state index contributed by atoms with van der Waals surface area (Å²) in [6.45, 7) is 0. The lowest BCUT2D eigenvalue weighted by Crippen LogP contribution is -2.13. The van der Waals surface area contributed by atoms with E-state index in [9.17, 15) is 8.42 Å². The third-order valence-corrected chi connectivity index (χ3v) is 3.14. The second kappa shape index (κ2) is 5.06. The third-order valence-electron chi connectivity index (χ3n) is 2.22. The molecule has 7 heteroatoms. The number of nitrogens with zero attached hydrogens (tertiary/aromatic N) is 2. The van der Waals surface area contributed by atoms with E-state index in [-0.39, 0.29) is 10.8 Å². The van der Waals surface area contributed by atoms with Gasteiger partial charge in [-0.1, -0.05) is 6.07 Å². The summed E-state index contributed by atoms with van der Waals surface area (Å²) in [4.78, 5) is 3.62. The molecule has 2 N–H and O–H groups in total. The number of nitriles is 1. The van der Waals surface area contributed by atoms with Crippen LogP contribution in [0.2, 0.25) is 0 Å². The Balaban J connectivity index is 2.42. The minimum Gasteiger partial charge on any atom is -0.438 e. The van der Waals surface area contributed by atoms with Crippen molar-refractivity contribution in [3.63, 3.8) is 0 Å². The molecule has 2 aromatic rings. The highest BCUT2D eigenvalue weighted by atomic mass is 32.2. The van der Waals surface area contributed by atoms with Gasteiger partial charge in [-0.25, -0.2) is 18.5 Å². The maximum atomic E-state index is 11.4. The van der Waals surface area contributed by atoms with Crippen LogP contribution >= 0.6 is 0 Å². The third kappa shape index (κ3) is 3.07. The quantitative estimate of drug-likeness (QED) is 0.911. The van der Waals surface area contributed by atoms with Gasteiger partial charge in [0.05, 0.1) is 11.6 Å². The lowest BCUT2D eigenvalue weighted by molar-refractivity contribution is 0.447. The van der Waals surface area contributed by atoms with Crippen molar-refractivity contribution in [3.05, 3.63) is 48.2 Å². The molecule has 0 atom stereocenters. The highest BCUT2D eigenvalue weighted by Crippen LogP contribution is 2.25. The number of sulfonamides is 1. The summed E-state index contributed by atoms with van der Waals surface area (Å²) in [6, 6.07) is 11.0. The lowest BCUT2D eigenvalue weighted by atomic mass is 10.2. The van der Waals surface area contributed by atoms with E-state index in [1.807, 2.05) is 6.07 Å². The SMILES string of the molecule is N#Cc1cccc(Oc2ncccc2S(N)(=O)=O)c1. The van der Waals surface area contributed by atoms with Gasteiger partial charge in [0.15, 0.2) is 0 Å². The van der Waals surface area contributed by atoms with Crippen molar-refractivity contribution in [2.24, 2.45) is 5.14 Å². The summed E-state index contributed by atoms with van der Waals surface area (Å²) in [7, 11) is -3.92. The molecule has 0 unspecified atom stereocenters. The van der Waals surface area contributed by atoms with E-state index in [2.05, 4.69) is 4.98 Å². The number of benzene rings is 1. The first-order chi connectivity index (χ1) is 9.00. The fourth-order valence-electron chi connectivity index (χ4n) is 1.41. The number of aromatic nitrogens is 1. The smallest absolute Gasteiger partial charge is 0.243 e.